The molecule has 2 rings (SSSR count). The molecule has 0 bridgehead atoms. The molecule has 0 atom stereocenters. The largest absolute Gasteiger partial charge is 0.504 e. The predicted octanol–water partition coefficient (Wildman–Crippen LogP) is 1.92. The summed E-state index contributed by atoms with van der Waals surface area (Å²) in [6.45, 7) is -0.178. The maximum Gasteiger partial charge on any atom is 0.254 e. The molecule has 2 N–H and O–H groups in total. The van der Waals surface area contributed by atoms with Gasteiger partial charge in [-0.25, -0.2) is 0 Å². The summed E-state index contributed by atoms with van der Waals surface area (Å²) >= 11 is 0. The third kappa shape index (κ3) is 3.66. The van der Waals surface area contributed by atoms with E-state index in [4.69, 9.17) is 5.26 Å². The van der Waals surface area contributed by atoms with Crippen LogP contribution in [0.25, 0.3) is 0 Å². The average Bonchev–Trinajstić information content (AvgIpc) is 2.56. The van der Waals surface area contributed by atoms with E-state index in [1.165, 1.54) is 48.3 Å². The molecule has 2 aromatic rings. The minimum Gasteiger partial charge on any atom is -0.504 e. The summed E-state index contributed by atoms with van der Waals surface area (Å²) < 4.78 is 0. The van der Waals surface area contributed by atoms with E-state index in [0.717, 1.165) is 6.07 Å². The van der Waals surface area contributed by atoms with Crippen molar-refractivity contribution < 1.29 is 19.8 Å². The third-order valence-corrected chi connectivity index (χ3v) is 3.29. The van der Waals surface area contributed by atoms with Gasteiger partial charge in [-0.1, -0.05) is 0 Å². The Morgan fingerprint density at radius 3 is 2.22 bits per heavy atom. The summed E-state index contributed by atoms with van der Waals surface area (Å²) in [5.41, 5.74) is 1.01. The summed E-state index contributed by atoms with van der Waals surface area (Å²) in [6.07, 6.45) is 0. The summed E-state index contributed by atoms with van der Waals surface area (Å²) in [5.74, 6) is -1.43. The smallest absolute Gasteiger partial charge is 0.254 e. The number of carbonyl (C=O) groups excluding carboxylic acids is 2. The SMILES string of the molecule is CN(CC(=O)c1ccc(O)c(O)c1)C(=O)c1ccc(C#N)cc1. The minimum absolute atomic E-state index is 0.178. The van der Waals surface area contributed by atoms with E-state index in [2.05, 4.69) is 0 Å². The van der Waals surface area contributed by atoms with Crippen molar-refractivity contribution in [3.63, 3.8) is 0 Å². The van der Waals surface area contributed by atoms with Crippen LogP contribution in [0.15, 0.2) is 42.5 Å². The Balaban J connectivity index is 2.09. The van der Waals surface area contributed by atoms with Crippen molar-refractivity contribution >= 4 is 11.7 Å². The normalized spacial score (nSPS) is 9.91. The number of amides is 1. The monoisotopic (exact) mass is 310 g/mol. The fraction of sp³-hybridized carbons (Fsp3) is 0.118. The number of hydrogen-bond donors (Lipinski definition) is 2. The van der Waals surface area contributed by atoms with E-state index >= 15 is 0 Å². The van der Waals surface area contributed by atoms with E-state index in [1.807, 2.05) is 6.07 Å². The highest BCUT2D eigenvalue weighted by molar-refractivity contribution is 6.02. The second kappa shape index (κ2) is 6.62. The first-order chi connectivity index (χ1) is 10.9. The lowest BCUT2D eigenvalue weighted by molar-refractivity contribution is 0.0747. The van der Waals surface area contributed by atoms with Gasteiger partial charge in [-0.15, -0.1) is 0 Å². The molecule has 0 aliphatic rings. The Labute approximate surface area is 132 Å². The van der Waals surface area contributed by atoms with E-state index in [0.29, 0.717) is 11.1 Å². The quantitative estimate of drug-likeness (QED) is 0.663. The Bertz CT molecular complexity index is 791. The van der Waals surface area contributed by atoms with Crippen LogP contribution >= 0.6 is 0 Å². The van der Waals surface area contributed by atoms with Crippen LogP contribution < -0.4 is 0 Å². The highest BCUT2D eigenvalue weighted by atomic mass is 16.3. The molecule has 6 heteroatoms. The molecule has 1 amide bonds. The lowest BCUT2D eigenvalue weighted by atomic mass is 10.1. The number of nitrogens with zero attached hydrogens (tertiary/aromatic N) is 2. The summed E-state index contributed by atoms with van der Waals surface area (Å²) in [4.78, 5) is 25.6. The lowest BCUT2D eigenvalue weighted by Gasteiger charge is -2.16. The lowest BCUT2D eigenvalue weighted by Crippen LogP contribution is -2.32. The molecule has 0 aromatic heterocycles. The molecule has 0 unspecified atom stereocenters. The van der Waals surface area contributed by atoms with Gasteiger partial charge in [0.2, 0.25) is 0 Å². The molecule has 0 aliphatic carbocycles. The van der Waals surface area contributed by atoms with Crippen LogP contribution in [-0.4, -0.2) is 40.4 Å². The van der Waals surface area contributed by atoms with Gasteiger partial charge in [0.15, 0.2) is 17.3 Å². The van der Waals surface area contributed by atoms with Gasteiger partial charge < -0.3 is 15.1 Å². The van der Waals surface area contributed by atoms with Crippen LogP contribution in [0.5, 0.6) is 11.5 Å². The van der Waals surface area contributed by atoms with E-state index in [9.17, 15) is 19.8 Å². The van der Waals surface area contributed by atoms with Crippen LogP contribution in [0.1, 0.15) is 26.3 Å². The highest BCUT2D eigenvalue weighted by Gasteiger charge is 2.17. The Morgan fingerprint density at radius 2 is 1.65 bits per heavy atom. The topological polar surface area (TPSA) is 102 Å². The molecule has 0 heterocycles. The summed E-state index contributed by atoms with van der Waals surface area (Å²) in [6, 6.07) is 11.8. The van der Waals surface area contributed by atoms with Gasteiger partial charge in [-0.3, -0.25) is 9.59 Å². The molecule has 23 heavy (non-hydrogen) atoms. The molecule has 0 fully saturated rings. The van der Waals surface area contributed by atoms with Crippen LogP contribution in [0.2, 0.25) is 0 Å². The van der Waals surface area contributed by atoms with Gasteiger partial charge in [0.05, 0.1) is 18.2 Å². The van der Waals surface area contributed by atoms with Crippen LogP contribution in [0, 0.1) is 11.3 Å². The number of aromatic hydroxyl groups is 2. The number of carbonyl (C=O) groups is 2. The fourth-order valence-corrected chi connectivity index (χ4v) is 1.98. The van der Waals surface area contributed by atoms with Crippen molar-refractivity contribution in [1.82, 2.24) is 4.90 Å². The second-order valence-electron chi connectivity index (χ2n) is 4.98. The van der Waals surface area contributed by atoms with Crippen LogP contribution in [0.3, 0.4) is 0 Å². The van der Waals surface area contributed by atoms with Gasteiger partial charge in [-0.2, -0.15) is 5.26 Å². The molecule has 0 radical (unpaired) electrons. The highest BCUT2D eigenvalue weighted by Crippen LogP contribution is 2.25. The summed E-state index contributed by atoms with van der Waals surface area (Å²) in [5, 5.41) is 27.4. The van der Waals surface area contributed by atoms with Crippen molar-refractivity contribution in [2.24, 2.45) is 0 Å². The number of hydrogen-bond acceptors (Lipinski definition) is 5. The molecule has 116 valence electrons. The second-order valence-corrected chi connectivity index (χ2v) is 4.98. The maximum absolute atomic E-state index is 12.2. The summed E-state index contributed by atoms with van der Waals surface area (Å²) in [7, 11) is 1.48. The number of ketones is 1. The molecular weight excluding hydrogens is 296 g/mol. The van der Waals surface area contributed by atoms with Gasteiger partial charge in [0.25, 0.3) is 5.91 Å². The number of rotatable bonds is 4. The van der Waals surface area contributed by atoms with Crippen LogP contribution in [-0.2, 0) is 0 Å². The molecule has 0 saturated heterocycles. The van der Waals surface area contributed by atoms with Crippen molar-refractivity contribution in [3.8, 4) is 17.6 Å². The van der Waals surface area contributed by atoms with E-state index < -0.39 is 5.75 Å². The molecule has 0 saturated carbocycles. The Morgan fingerprint density at radius 1 is 1.04 bits per heavy atom. The predicted molar refractivity (Wildman–Crippen MR) is 82.2 cm³/mol. The molecular formula is C17H14N2O4. The number of benzene rings is 2. The van der Waals surface area contributed by atoms with E-state index in [-0.39, 0.29) is 29.5 Å². The van der Waals surface area contributed by atoms with Gasteiger partial charge in [0, 0.05) is 18.2 Å². The van der Waals surface area contributed by atoms with Gasteiger partial charge in [0.1, 0.15) is 0 Å². The molecule has 0 aliphatic heterocycles. The number of nitriles is 1. The fourth-order valence-electron chi connectivity index (χ4n) is 1.98. The first kappa shape index (κ1) is 16.0. The first-order valence-electron chi connectivity index (χ1n) is 6.73. The minimum atomic E-state index is -0.392. The number of Topliss-reactive ketones (excluding diaryl/α,β-unsaturated/α-hetero) is 1. The first-order valence-corrected chi connectivity index (χ1v) is 6.73. The van der Waals surface area contributed by atoms with Gasteiger partial charge in [-0.05, 0) is 42.5 Å². The standard InChI is InChI=1S/C17H14N2O4/c1-19(17(23)12-4-2-11(9-18)3-5-12)10-16(22)13-6-7-14(20)15(21)8-13/h2-8,20-21H,10H2,1H3. The zero-order valence-corrected chi connectivity index (χ0v) is 12.4. The van der Waals surface area contributed by atoms with Crippen molar-refractivity contribution in [2.45, 2.75) is 0 Å². The third-order valence-electron chi connectivity index (χ3n) is 3.29. The Kier molecular flexibility index (Phi) is 4.62. The van der Waals surface area contributed by atoms with Crippen molar-refractivity contribution in [1.29, 1.82) is 5.26 Å². The maximum atomic E-state index is 12.2. The van der Waals surface area contributed by atoms with Crippen molar-refractivity contribution in [2.75, 3.05) is 13.6 Å². The molecule has 2 aromatic carbocycles. The number of likely N-dealkylation sites (N-methyl/N-ethyl adjacent to an activating group) is 1. The zero-order valence-electron chi connectivity index (χ0n) is 12.4. The van der Waals surface area contributed by atoms with Crippen molar-refractivity contribution in [3.05, 3.63) is 59.2 Å². The zero-order chi connectivity index (χ0) is 17.0. The number of phenols is 2. The number of phenolic OH excluding ortho intramolecular Hbond substituents is 2. The van der Waals surface area contributed by atoms with E-state index in [1.54, 1.807) is 0 Å². The van der Waals surface area contributed by atoms with Crippen LogP contribution in [0.4, 0.5) is 0 Å². The van der Waals surface area contributed by atoms with Gasteiger partial charge >= 0.3 is 0 Å². The average molecular weight is 310 g/mol. The Hall–Kier alpha value is -3.33. The molecule has 6 nitrogen and oxygen atoms in total. The molecule has 0 spiro atoms.